The van der Waals surface area contributed by atoms with Gasteiger partial charge in [-0.15, -0.1) is 0 Å². The first kappa shape index (κ1) is 16.7. The molecule has 0 bridgehead atoms. The van der Waals surface area contributed by atoms with Crippen LogP contribution in [-0.4, -0.2) is 55.8 Å². The van der Waals surface area contributed by atoms with Crippen molar-refractivity contribution < 1.29 is 18.6 Å². The molecule has 8 heteroatoms. The van der Waals surface area contributed by atoms with E-state index in [9.17, 15) is 13.5 Å². The second-order valence-corrected chi connectivity index (χ2v) is 7.20. The topological polar surface area (TPSA) is 116 Å². The lowest BCUT2D eigenvalue weighted by Gasteiger charge is -2.22. The fourth-order valence-corrected chi connectivity index (χ4v) is 2.33. The highest BCUT2D eigenvalue weighted by Gasteiger charge is 2.21. The predicted molar refractivity (Wildman–Crippen MR) is 77.9 cm³/mol. The molecule has 0 saturated carbocycles. The third-order valence-electron chi connectivity index (χ3n) is 2.80. The number of nitrogen functional groups attached to an aromatic ring is 1. The number of benzene rings is 1. The second-order valence-electron chi connectivity index (χ2n) is 5.05. The SMILES string of the molecule is CN(C)S(=O)(=O)c1ccc(N)c(NCC(C)(O)CO)c1. The van der Waals surface area contributed by atoms with Gasteiger partial charge in [-0.3, -0.25) is 0 Å². The van der Waals surface area contributed by atoms with Crippen molar-refractivity contribution in [3.63, 3.8) is 0 Å². The number of hydrogen-bond acceptors (Lipinski definition) is 6. The highest BCUT2D eigenvalue weighted by molar-refractivity contribution is 7.89. The summed E-state index contributed by atoms with van der Waals surface area (Å²) in [5.41, 5.74) is 5.20. The van der Waals surface area contributed by atoms with Gasteiger partial charge in [-0.2, -0.15) is 0 Å². The van der Waals surface area contributed by atoms with Crippen LogP contribution in [0.25, 0.3) is 0 Å². The van der Waals surface area contributed by atoms with Crippen molar-refractivity contribution in [3.8, 4) is 0 Å². The highest BCUT2D eigenvalue weighted by Crippen LogP contribution is 2.24. The van der Waals surface area contributed by atoms with E-state index in [-0.39, 0.29) is 11.4 Å². The monoisotopic (exact) mass is 303 g/mol. The number of rotatable bonds is 6. The summed E-state index contributed by atoms with van der Waals surface area (Å²) in [4.78, 5) is 0.0999. The molecule has 0 spiro atoms. The number of sulfonamides is 1. The number of anilines is 2. The summed E-state index contributed by atoms with van der Waals surface area (Å²) in [6.07, 6.45) is 0. The highest BCUT2D eigenvalue weighted by atomic mass is 32.2. The molecule has 0 amide bonds. The van der Waals surface area contributed by atoms with Crippen molar-refractivity contribution >= 4 is 21.4 Å². The Hall–Kier alpha value is -1.35. The van der Waals surface area contributed by atoms with Crippen molar-refractivity contribution in [1.29, 1.82) is 0 Å². The standard InChI is InChI=1S/C12H21N3O4S/c1-12(17,8-16)7-14-11-6-9(4-5-10(11)13)20(18,19)15(2)3/h4-6,14,16-17H,7-8,13H2,1-3H3. The molecule has 1 aromatic carbocycles. The summed E-state index contributed by atoms with van der Waals surface area (Å²) >= 11 is 0. The minimum absolute atomic E-state index is 0.0408. The van der Waals surface area contributed by atoms with Gasteiger partial charge >= 0.3 is 0 Å². The van der Waals surface area contributed by atoms with Crippen molar-refractivity contribution in [2.45, 2.75) is 17.4 Å². The van der Waals surface area contributed by atoms with Crippen LogP contribution in [0.15, 0.2) is 23.1 Å². The van der Waals surface area contributed by atoms with E-state index in [2.05, 4.69) is 5.32 Å². The van der Waals surface area contributed by atoms with E-state index in [0.29, 0.717) is 11.4 Å². The Kier molecular flexibility index (Phi) is 4.98. The molecule has 1 unspecified atom stereocenters. The number of nitrogens with zero attached hydrogens (tertiary/aromatic N) is 1. The number of nitrogens with two attached hydrogens (primary N) is 1. The van der Waals surface area contributed by atoms with Crippen LogP contribution in [0, 0.1) is 0 Å². The first-order valence-corrected chi connectivity index (χ1v) is 7.43. The summed E-state index contributed by atoms with van der Waals surface area (Å²) < 4.78 is 25.1. The molecular weight excluding hydrogens is 282 g/mol. The van der Waals surface area contributed by atoms with Crippen LogP contribution < -0.4 is 11.1 Å². The molecule has 0 saturated heterocycles. The van der Waals surface area contributed by atoms with Gasteiger partial charge in [0.1, 0.15) is 5.60 Å². The van der Waals surface area contributed by atoms with Gasteiger partial charge in [-0.1, -0.05) is 0 Å². The first-order chi connectivity index (χ1) is 9.10. The average Bonchev–Trinajstić information content (AvgIpc) is 2.37. The van der Waals surface area contributed by atoms with E-state index >= 15 is 0 Å². The normalized spacial score (nSPS) is 15.1. The average molecular weight is 303 g/mol. The molecule has 0 aromatic heterocycles. The number of nitrogens with one attached hydrogen (secondary N) is 1. The maximum Gasteiger partial charge on any atom is 0.242 e. The van der Waals surface area contributed by atoms with Gasteiger partial charge in [0.2, 0.25) is 10.0 Å². The molecule has 0 aliphatic carbocycles. The van der Waals surface area contributed by atoms with E-state index in [1.807, 2.05) is 0 Å². The van der Waals surface area contributed by atoms with Crippen molar-refractivity contribution in [1.82, 2.24) is 4.31 Å². The predicted octanol–water partition coefficient (Wildman–Crippen LogP) is -0.326. The molecule has 0 radical (unpaired) electrons. The van der Waals surface area contributed by atoms with Crippen molar-refractivity contribution in [2.75, 3.05) is 38.3 Å². The van der Waals surface area contributed by atoms with Crippen LogP contribution in [0.3, 0.4) is 0 Å². The Morgan fingerprint density at radius 2 is 2.00 bits per heavy atom. The summed E-state index contributed by atoms with van der Waals surface area (Å²) in [5, 5.41) is 21.5. The minimum atomic E-state index is -3.55. The van der Waals surface area contributed by atoms with Gasteiger partial charge in [0, 0.05) is 20.6 Å². The molecule has 20 heavy (non-hydrogen) atoms. The molecule has 1 atom stereocenters. The third-order valence-corrected chi connectivity index (χ3v) is 4.61. The lowest BCUT2D eigenvalue weighted by atomic mass is 10.1. The third kappa shape index (κ3) is 3.83. The first-order valence-electron chi connectivity index (χ1n) is 5.99. The van der Waals surface area contributed by atoms with E-state index in [0.717, 1.165) is 4.31 Å². The summed E-state index contributed by atoms with van der Waals surface area (Å²) in [5.74, 6) is 0. The number of hydrogen-bond donors (Lipinski definition) is 4. The zero-order valence-electron chi connectivity index (χ0n) is 11.8. The Labute approximate surface area is 119 Å². The fraction of sp³-hybridized carbons (Fsp3) is 0.500. The number of aliphatic hydroxyl groups is 2. The van der Waals surface area contributed by atoms with Gasteiger partial charge < -0.3 is 21.3 Å². The molecule has 114 valence electrons. The van der Waals surface area contributed by atoms with Gasteiger partial charge in [0.05, 0.1) is 22.9 Å². The van der Waals surface area contributed by atoms with Gasteiger partial charge in [-0.05, 0) is 25.1 Å². The molecule has 0 heterocycles. The maximum atomic E-state index is 12.0. The van der Waals surface area contributed by atoms with Gasteiger partial charge in [-0.25, -0.2) is 12.7 Å². The van der Waals surface area contributed by atoms with Crippen molar-refractivity contribution in [3.05, 3.63) is 18.2 Å². The molecule has 5 N–H and O–H groups in total. The second kappa shape index (κ2) is 5.96. The van der Waals surface area contributed by atoms with Crippen LogP contribution in [0.4, 0.5) is 11.4 Å². The van der Waals surface area contributed by atoms with E-state index in [4.69, 9.17) is 10.8 Å². The zero-order chi connectivity index (χ0) is 15.6. The van der Waals surface area contributed by atoms with Crippen LogP contribution in [0.5, 0.6) is 0 Å². The summed E-state index contributed by atoms with van der Waals surface area (Å²) in [6.45, 7) is 1.07. The van der Waals surface area contributed by atoms with Gasteiger partial charge in [0.15, 0.2) is 0 Å². The molecule has 0 aliphatic heterocycles. The quantitative estimate of drug-likeness (QED) is 0.535. The number of aliphatic hydroxyl groups excluding tert-OH is 1. The molecule has 0 aliphatic rings. The maximum absolute atomic E-state index is 12.0. The van der Waals surface area contributed by atoms with E-state index in [1.54, 1.807) is 0 Å². The molecular formula is C12H21N3O4S. The van der Waals surface area contributed by atoms with Crippen LogP contribution >= 0.6 is 0 Å². The van der Waals surface area contributed by atoms with Crippen LogP contribution in [0.2, 0.25) is 0 Å². The van der Waals surface area contributed by atoms with Crippen LogP contribution in [0.1, 0.15) is 6.92 Å². The Morgan fingerprint density at radius 3 is 2.50 bits per heavy atom. The van der Waals surface area contributed by atoms with E-state index in [1.165, 1.54) is 39.2 Å². The van der Waals surface area contributed by atoms with Crippen molar-refractivity contribution in [2.24, 2.45) is 0 Å². The van der Waals surface area contributed by atoms with Crippen LogP contribution in [-0.2, 0) is 10.0 Å². The van der Waals surface area contributed by atoms with E-state index < -0.39 is 22.2 Å². The molecule has 0 fully saturated rings. The summed E-state index contributed by atoms with van der Waals surface area (Å²) in [7, 11) is -0.670. The Morgan fingerprint density at radius 1 is 1.40 bits per heavy atom. The lowest BCUT2D eigenvalue weighted by molar-refractivity contribution is 0.0132. The van der Waals surface area contributed by atoms with Gasteiger partial charge in [0.25, 0.3) is 0 Å². The molecule has 1 aromatic rings. The summed E-state index contributed by atoms with van der Waals surface area (Å²) in [6, 6.07) is 4.30. The minimum Gasteiger partial charge on any atom is -0.397 e. The smallest absolute Gasteiger partial charge is 0.242 e. The molecule has 1 rings (SSSR count). The zero-order valence-corrected chi connectivity index (χ0v) is 12.6. The molecule has 7 nitrogen and oxygen atoms in total. The lowest BCUT2D eigenvalue weighted by Crippen LogP contribution is -2.37. The Balaban J connectivity index is 3.05. The largest absolute Gasteiger partial charge is 0.397 e. The Bertz CT molecular complexity index is 570. The fourth-order valence-electron chi connectivity index (χ4n) is 1.40.